The van der Waals surface area contributed by atoms with Gasteiger partial charge in [-0.1, -0.05) is 48.0 Å². The zero-order valence-corrected chi connectivity index (χ0v) is 19.9. The topological polar surface area (TPSA) is 95.5 Å². The number of hydrogen-bond donors (Lipinski definition) is 3. The minimum atomic E-state index is -3.84. The molecule has 3 N–H and O–H groups in total. The van der Waals surface area contributed by atoms with Crippen LogP contribution in [0.4, 0.5) is 11.4 Å². The van der Waals surface area contributed by atoms with E-state index in [1.807, 2.05) is 12.1 Å². The number of carboxylic acid groups (broad SMARTS) is 1. The molecule has 8 heteroatoms. The Labute approximate surface area is 203 Å². The number of sulfonamides is 1. The first kappa shape index (κ1) is 22.5. The number of anilines is 2. The summed E-state index contributed by atoms with van der Waals surface area (Å²) in [7, 11) is -3.84. The van der Waals surface area contributed by atoms with Gasteiger partial charge in [0.15, 0.2) is 0 Å². The molecule has 174 valence electrons. The number of aromatic carboxylic acids is 1. The first-order valence-electron chi connectivity index (χ1n) is 10.9. The molecule has 34 heavy (non-hydrogen) atoms. The molecule has 0 spiro atoms. The summed E-state index contributed by atoms with van der Waals surface area (Å²) >= 11 is 6.15. The van der Waals surface area contributed by atoms with E-state index in [2.05, 4.69) is 22.2 Å². The number of halogens is 1. The highest BCUT2D eigenvalue weighted by Crippen LogP contribution is 2.50. The van der Waals surface area contributed by atoms with Crippen LogP contribution in [0.25, 0.3) is 0 Å². The number of carboxylic acids is 1. The van der Waals surface area contributed by atoms with E-state index in [4.69, 9.17) is 11.6 Å². The van der Waals surface area contributed by atoms with Crippen LogP contribution in [0.2, 0.25) is 5.02 Å². The monoisotopic (exact) mass is 494 g/mol. The van der Waals surface area contributed by atoms with Crippen molar-refractivity contribution in [3.8, 4) is 0 Å². The highest BCUT2D eigenvalue weighted by Gasteiger charge is 2.39. The molecule has 1 heterocycles. The summed E-state index contributed by atoms with van der Waals surface area (Å²) in [4.78, 5) is 12.0. The Kier molecular flexibility index (Phi) is 5.62. The SMILES string of the molecule is Cc1c(Cl)cccc1NS(=O)(=O)c1ccc2c(c1)[C@H]1C=CC[C@H]1[C@@H](c1ccccc1C(=O)O)N2. The van der Waals surface area contributed by atoms with Gasteiger partial charge in [-0.25, -0.2) is 13.2 Å². The lowest BCUT2D eigenvalue weighted by molar-refractivity contribution is 0.0694. The molecular formula is C26H23ClN2O4S. The van der Waals surface area contributed by atoms with Gasteiger partial charge in [0, 0.05) is 16.6 Å². The molecule has 0 saturated heterocycles. The van der Waals surface area contributed by atoms with Crippen molar-refractivity contribution in [2.45, 2.75) is 30.2 Å². The maximum absolute atomic E-state index is 13.2. The van der Waals surface area contributed by atoms with Gasteiger partial charge in [0.25, 0.3) is 10.0 Å². The number of carbonyl (C=O) groups is 1. The van der Waals surface area contributed by atoms with Crippen molar-refractivity contribution in [1.82, 2.24) is 0 Å². The lowest BCUT2D eigenvalue weighted by Gasteiger charge is -2.38. The van der Waals surface area contributed by atoms with Gasteiger partial charge in [-0.15, -0.1) is 0 Å². The number of rotatable bonds is 5. The highest BCUT2D eigenvalue weighted by molar-refractivity contribution is 7.92. The Morgan fingerprint density at radius 2 is 1.88 bits per heavy atom. The molecule has 5 rings (SSSR count). The van der Waals surface area contributed by atoms with Crippen LogP contribution in [0, 0.1) is 12.8 Å². The first-order valence-corrected chi connectivity index (χ1v) is 12.8. The van der Waals surface area contributed by atoms with Crippen LogP contribution in [0.1, 0.15) is 45.4 Å². The first-order chi connectivity index (χ1) is 16.3. The van der Waals surface area contributed by atoms with E-state index >= 15 is 0 Å². The van der Waals surface area contributed by atoms with Crippen LogP contribution in [0.3, 0.4) is 0 Å². The number of fused-ring (bicyclic) bond motifs is 3. The normalized spacial score (nSPS) is 20.8. The molecule has 3 aromatic carbocycles. The summed E-state index contributed by atoms with van der Waals surface area (Å²) in [6.07, 6.45) is 4.94. The average Bonchev–Trinajstić information content (AvgIpc) is 3.31. The molecule has 0 saturated carbocycles. The molecule has 6 nitrogen and oxygen atoms in total. The molecule has 0 unspecified atom stereocenters. The second kappa shape index (κ2) is 8.49. The van der Waals surface area contributed by atoms with Gasteiger partial charge in [0.1, 0.15) is 0 Å². The zero-order chi connectivity index (χ0) is 24.0. The molecule has 0 amide bonds. The summed E-state index contributed by atoms with van der Waals surface area (Å²) in [5.41, 5.74) is 3.78. The van der Waals surface area contributed by atoms with Gasteiger partial charge in [-0.2, -0.15) is 0 Å². The lowest BCUT2D eigenvalue weighted by atomic mass is 9.76. The molecule has 0 aromatic heterocycles. The van der Waals surface area contributed by atoms with Gasteiger partial charge >= 0.3 is 5.97 Å². The largest absolute Gasteiger partial charge is 0.478 e. The van der Waals surface area contributed by atoms with E-state index in [0.717, 1.165) is 23.2 Å². The predicted octanol–water partition coefficient (Wildman–Crippen LogP) is 5.97. The number of nitrogens with one attached hydrogen (secondary N) is 2. The highest BCUT2D eigenvalue weighted by atomic mass is 35.5. The maximum Gasteiger partial charge on any atom is 0.336 e. The standard InChI is InChI=1S/C26H23ClN2O4S/c1-15-22(27)10-5-11-23(15)29-34(32,33)16-12-13-24-21(14-16)17-8-4-9-18(17)25(28-24)19-6-2-3-7-20(19)26(30)31/h2-8,10-14,17-18,25,28-29H,9H2,1H3,(H,30,31)/t17-,18+,25-/m0/s1. The molecule has 3 atom stereocenters. The fourth-order valence-electron chi connectivity index (χ4n) is 4.93. The summed E-state index contributed by atoms with van der Waals surface area (Å²) < 4.78 is 29.0. The van der Waals surface area contributed by atoms with E-state index in [1.54, 1.807) is 55.5 Å². The summed E-state index contributed by atoms with van der Waals surface area (Å²) in [6.45, 7) is 1.76. The molecule has 3 aromatic rings. The third kappa shape index (κ3) is 3.85. The second-order valence-electron chi connectivity index (χ2n) is 8.63. The minimum absolute atomic E-state index is 0.0221. The summed E-state index contributed by atoms with van der Waals surface area (Å²) in [5, 5.41) is 13.7. The van der Waals surface area contributed by atoms with Crippen molar-refractivity contribution >= 4 is 39.0 Å². The van der Waals surface area contributed by atoms with Gasteiger partial charge < -0.3 is 10.4 Å². The molecule has 0 bridgehead atoms. The van der Waals surface area contributed by atoms with Gasteiger partial charge in [0.2, 0.25) is 0 Å². The smallest absolute Gasteiger partial charge is 0.336 e. The van der Waals surface area contributed by atoms with Crippen LogP contribution in [0.5, 0.6) is 0 Å². The van der Waals surface area contributed by atoms with Crippen molar-refractivity contribution < 1.29 is 18.3 Å². The second-order valence-corrected chi connectivity index (χ2v) is 10.7. The quantitative estimate of drug-likeness (QED) is 0.379. The Morgan fingerprint density at radius 3 is 2.68 bits per heavy atom. The van der Waals surface area contributed by atoms with Crippen molar-refractivity contribution in [3.63, 3.8) is 0 Å². The van der Waals surface area contributed by atoms with E-state index in [1.165, 1.54) is 0 Å². The average molecular weight is 495 g/mol. The van der Waals surface area contributed by atoms with Crippen molar-refractivity contribution in [2.24, 2.45) is 5.92 Å². The number of benzene rings is 3. The van der Waals surface area contributed by atoms with Crippen LogP contribution in [-0.2, 0) is 10.0 Å². The van der Waals surface area contributed by atoms with Crippen LogP contribution < -0.4 is 10.0 Å². The Bertz CT molecular complexity index is 1430. The van der Waals surface area contributed by atoms with Gasteiger partial charge in [0.05, 0.1) is 22.2 Å². The Hall–Kier alpha value is -3.29. The Morgan fingerprint density at radius 1 is 1.09 bits per heavy atom. The van der Waals surface area contributed by atoms with Gasteiger partial charge in [-0.05, 0) is 72.4 Å². The lowest BCUT2D eigenvalue weighted by Crippen LogP contribution is -2.30. The predicted molar refractivity (Wildman–Crippen MR) is 133 cm³/mol. The third-order valence-electron chi connectivity index (χ3n) is 6.68. The fraction of sp³-hybridized carbons (Fsp3) is 0.192. The van der Waals surface area contributed by atoms with E-state index in [-0.39, 0.29) is 28.3 Å². The summed E-state index contributed by atoms with van der Waals surface area (Å²) in [5.74, 6) is -0.908. The molecule has 0 fully saturated rings. The van der Waals surface area contributed by atoms with E-state index < -0.39 is 16.0 Å². The van der Waals surface area contributed by atoms with E-state index in [0.29, 0.717) is 16.3 Å². The van der Waals surface area contributed by atoms with Crippen LogP contribution >= 0.6 is 11.6 Å². The third-order valence-corrected chi connectivity index (χ3v) is 8.46. The molecule has 0 radical (unpaired) electrons. The number of allylic oxidation sites excluding steroid dienone is 2. The fourth-order valence-corrected chi connectivity index (χ4v) is 6.26. The van der Waals surface area contributed by atoms with Crippen LogP contribution in [0.15, 0.2) is 77.7 Å². The maximum atomic E-state index is 13.2. The molecule has 1 aliphatic heterocycles. The number of hydrogen-bond acceptors (Lipinski definition) is 4. The van der Waals surface area contributed by atoms with Crippen molar-refractivity contribution in [2.75, 3.05) is 10.0 Å². The Balaban J connectivity index is 1.52. The van der Waals surface area contributed by atoms with Gasteiger partial charge in [-0.3, -0.25) is 4.72 Å². The van der Waals surface area contributed by atoms with E-state index in [9.17, 15) is 18.3 Å². The minimum Gasteiger partial charge on any atom is -0.478 e. The van der Waals surface area contributed by atoms with Crippen molar-refractivity contribution in [1.29, 1.82) is 0 Å². The summed E-state index contributed by atoms with van der Waals surface area (Å²) in [6, 6.07) is 16.9. The zero-order valence-electron chi connectivity index (χ0n) is 18.3. The van der Waals surface area contributed by atoms with Crippen molar-refractivity contribution in [3.05, 3.63) is 100 Å². The molecule has 2 aliphatic rings. The van der Waals surface area contributed by atoms with Crippen LogP contribution in [-0.4, -0.2) is 19.5 Å². The molecule has 1 aliphatic carbocycles. The molecular weight excluding hydrogens is 472 g/mol.